The summed E-state index contributed by atoms with van der Waals surface area (Å²) in [7, 11) is 1.55. The summed E-state index contributed by atoms with van der Waals surface area (Å²) >= 11 is 5.86. The summed E-state index contributed by atoms with van der Waals surface area (Å²) in [5, 5.41) is 6.26. The molecule has 0 saturated carbocycles. The number of methoxy groups -OCH3 is 1. The fourth-order valence-electron chi connectivity index (χ4n) is 2.97. The van der Waals surface area contributed by atoms with E-state index in [1.54, 1.807) is 48.4 Å². The smallest absolute Gasteiger partial charge is 0.322 e. The third kappa shape index (κ3) is 4.08. The van der Waals surface area contributed by atoms with Crippen LogP contribution in [0, 0.1) is 0 Å². The molecule has 2 N–H and O–H groups in total. The maximum absolute atomic E-state index is 12.7. The van der Waals surface area contributed by atoms with Crippen LogP contribution in [0.2, 0.25) is 5.02 Å². The second-order valence-corrected chi connectivity index (χ2v) is 6.41. The van der Waals surface area contributed by atoms with Crippen molar-refractivity contribution in [3.05, 3.63) is 53.6 Å². The lowest BCUT2D eigenvalue weighted by atomic mass is 10.2. The van der Waals surface area contributed by atoms with Crippen molar-refractivity contribution in [3.63, 3.8) is 0 Å². The Morgan fingerprint density at radius 1 is 1.12 bits per heavy atom. The number of nitrogens with zero attached hydrogens (tertiary/aromatic N) is 1. The van der Waals surface area contributed by atoms with E-state index in [0.717, 1.165) is 6.42 Å². The number of benzene rings is 2. The molecule has 1 heterocycles. The third-order valence-electron chi connectivity index (χ3n) is 4.28. The molecule has 3 rings (SSSR count). The molecule has 7 heteroatoms. The minimum Gasteiger partial charge on any atom is -0.495 e. The van der Waals surface area contributed by atoms with E-state index >= 15 is 0 Å². The molecular formula is C19H20ClN3O3. The van der Waals surface area contributed by atoms with E-state index in [1.165, 1.54) is 0 Å². The highest BCUT2D eigenvalue weighted by Gasteiger charge is 2.34. The number of amides is 3. The van der Waals surface area contributed by atoms with Gasteiger partial charge in [-0.1, -0.05) is 23.7 Å². The van der Waals surface area contributed by atoms with Crippen LogP contribution in [0.5, 0.6) is 5.75 Å². The Morgan fingerprint density at radius 3 is 2.58 bits per heavy atom. The molecule has 1 saturated heterocycles. The molecule has 0 radical (unpaired) electrons. The van der Waals surface area contributed by atoms with Crippen molar-refractivity contribution < 1.29 is 14.3 Å². The zero-order chi connectivity index (χ0) is 18.5. The Morgan fingerprint density at radius 2 is 1.85 bits per heavy atom. The first kappa shape index (κ1) is 18.1. The number of ether oxygens (including phenoxy) is 1. The van der Waals surface area contributed by atoms with Gasteiger partial charge in [-0.3, -0.25) is 4.79 Å². The van der Waals surface area contributed by atoms with Crippen molar-refractivity contribution in [1.29, 1.82) is 0 Å². The van der Waals surface area contributed by atoms with Crippen molar-refractivity contribution >= 4 is 34.9 Å². The van der Waals surface area contributed by atoms with Crippen molar-refractivity contribution in [3.8, 4) is 5.75 Å². The Kier molecular flexibility index (Phi) is 5.63. The number of nitrogens with one attached hydrogen (secondary N) is 2. The molecule has 1 atom stereocenters. The molecule has 1 aliphatic rings. The standard InChI is InChI=1S/C19H20ClN3O3/c1-26-17-7-3-2-5-15(17)22-18(24)16-6-4-12-23(16)19(25)21-14-10-8-13(20)9-11-14/h2-3,5,7-11,16H,4,6,12H2,1H3,(H,21,25)(H,22,24)/t16-/m0/s1. The number of para-hydroxylation sites is 2. The summed E-state index contributed by atoms with van der Waals surface area (Å²) in [5.41, 5.74) is 1.22. The number of carbonyl (C=O) groups is 2. The van der Waals surface area contributed by atoms with Gasteiger partial charge in [-0.25, -0.2) is 4.79 Å². The van der Waals surface area contributed by atoms with Crippen LogP contribution in [-0.4, -0.2) is 36.5 Å². The van der Waals surface area contributed by atoms with Crippen LogP contribution in [0.4, 0.5) is 16.2 Å². The van der Waals surface area contributed by atoms with Crippen molar-refractivity contribution in [2.45, 2.75) is 18.9 Å². The largest absolute Gasteiger partial charge is 0.495 e. The number of hydrogen-bond acceptors (Lipinski definition) is 3. The summed E-state index contributed by atoms with van der Waals surface area (Å²) < 4.78 is 5.25. The summed E-state index contributed by atoms with van der Waals surface area (Å²) in [6, 6.07) is 13.2. The SMILES string of the molecule is COc1ccccc1NC(=O)[C@@H]1CCCN1C(=O)Nc1ccc(Cl)cc1. The highest BCUT2D eigenvalue weighted by molar-refractivity contribution is 6.30. The van der Waals surface area contributed by atoms with E-state index < -0.39 is 6.04 Å². The van der Waals surface area contributed by atoms with Crippen LogP contribution in [0.1, 0.15) is 12.8 Å². The molecule has 26 heavy (non-hydrogen) atoms. The van der Waals surface area contributed by atoms with Gasteiger partial charge in [0.15, 0.2) is 0 Å². The molecule has 0 unspecified atom stereocenters. The fourth-order valence-corrected chi connectivity index (χ4v) is 3.10. The first-order valence-corrected chi connectivity index (χ1v) is 8.73. The summed E-state index contributed by atoms with van der Waals surface area (Å²) in [4.78, 5) is 26.8. The van der Waals surface area contributed by atoms with Gasteiger partial charge in [-0.05, 0) is 49.2 Å². The molecule has 1 fully saturated rings. The van der Waals surface area contributed by atoms with Gasteiger partial charge in [-0.15, -0.1) is 0 Å². The van der Waals surface area contributed by atoms with E-state index in [0.29, 0.717) is 35.1 Å². The van der Waals surface area contributed by atoms with Crippen molar-refractivity contribution in [2.75, 3.05) is 24.3 Å². The molecule has 6 nitrogen and oxygen atoms in total. The maximum Gasteiger partial charge on any atom is 0.322 e. The molecule has 0 spiro atoms. The molecule has 2 aromatic rings. The molecule has 0 bridgehead atoms. The number of halogens is 1. The first-order valence-electron chi connectivity index (χ1n) is 8.35. The number of urea groups is 1. The Balaban J connectivity index is 1.67. The Bertz CT molecular complexity index is 795. The van der Waals surface area contributed by atoms with E-state index in [9.17, 15) is 9.59 Å². The molecule has 2 aromatic carbocycles. The van der Waals surface area contributed by atoms with Gasteiger partial charge < -0.3 is 20.3 Å². The summed E-state index contributed by atoms with van der Waals surface area (Å²) in [5.74, 6) is 0.356. The lowest BCUT2D eigenvalue weighted by molar-refractivity contribution is -0.119. The van der Waals surface area contributed by atoms with Crippen LogP contribution >= 0.6 is 11.6 Å². The maximum atomic E-state index is 12.7. The topological polar surface area (TPSA) is 70.7 Å². The average molecular weight is 374 g/mol. The fraction of sp³-hybridized carbons (Fsp3) is 0.263. The van der Waals surface area contributed by atoms with Gasteiger partial charge in [0.05, 0.1) is 12.8 Å². The van der Waals surface area contributed by atoms with Gasteiger partial charge >= 0.3 is 6.03 Å². The van der Waals surface area contributed by atoms with Crippen LogP contribution < -0.4 is 15.4 Å². The highest BCUT2D eigenvalue weighted by atomic mass is 35.5. The highest BCUT2D eigenvalue weighted by Crippen LogP contribution is 2.26. The molecule has 3 amide bonds. The molecule has 136 valence electrons. The monoisotopic (exact) mass is 373 g/mol. The van der Waals surface area contributed by atoms with Gasteiger partial charge in [0.25, 0.3) is 0 Å². The molecule has 1 aliphatic heterocycles. The normalized spacial score (nSPS) is 16.2. The summed E-state index contributed by atoms with van der Waals surface area (Å²) in [6.07, 6.45) is 1.40. The predicted octanol–water partition coefficient (Wildman–Crippen LogP) is 3.98. The summed E-state index contributed by atoms with van der Waals surface area (Å²) in [6.45, 7) is 0.531. The lowest BCUT2D eigenvalue weighted by Gasteiger charge is -2.24. The predicted molar refractivity (Wildman–Crippen MR) is 102 cm³/mol. The number of anilines is 2. The second-order valence-electron chi connectivity index (χ2n) is 5.98. The minimum absolute atomic E-state index is 0.224. The third-order valence-corrected chi connectivity index (χ3v) is 4.53. The van der Waals surface area contributed by atoms with Crippen molar-refractivity contribution in [1.82, 2.24) is 4.90 Å². The number of carbonyl (C=O) groups excluding carboxylic acids is 2. The Labute approximate surface area is 157 Å². The van der Waals surface area contributed by atoms with Crippen LogP contribution in [0.25, 0.3) is 0 Å². The van der Waals surface area contributed by atoms with E-state index in [2.05, 4.69) is 10.6 Å². The lowest BCUT2D eigenvalue weighted by Crippen LogP contribution is -2.45. The molecule has 0 aliphatic carbocycles. The van der Waals surface area contributed by atoms with Gasteiger partial charge in [0, 0.05) is 17.3 Å². The zero-order valence-electron chi connectivity index (χ0n) is 14.4. The molecular weight excluding hydrogens is 354 g/mol. The second kappa shape index (κ2) is 8.10. The minimum atomic E-state index is -0.521. The van der Waals surface area contributed by atoms with E-state index in [4.69, 9.17) is 16.3 Å². The quantitative estimate of drug-likeness (QED) is 0.851. The number of hydrogen-bond donors (Lipinski definition) is 2. The van der Waals surface area contributed by atoms with E-state index in [1.807, 2.05) is 12.1 Å². The van der Waals surface area contributed by atoms with Crippen LogP contribution in [-0.2, 0) is 4.79 Å². The number of likely N-dealkylation sites (tertiary alicyclic amines) is 1. The van der Waals surface area contributed by atoms with Gasteiger partial charge in [0.1, 0.15) is 11.8 Å². The van der Waals surface area contributed by atoms with Crippen molar-refractivity contribution in [2.24, 2.45) is 0 Å². The van der Waals surface area contributed by atoms with Gasteiger partial charge in [0.2, 0.25) is 5.91 Å². The van der Waals surface area contributed by atoms with Gasteiger partial charge in [-0.2, -0.15) is 0 Å². The number of rotatable bonds is 4. The molecule has 0 aromatic heterocycles. The Hall–Kier alpha value is -2.73. The van der Waals surface area contributed by atoms with E-state index in [-0.39, 0.29) is 11.9 Å². The first-order chi connectivity index (χ1) is 12.6. The van der Waals surface area contributed by atoms with Crippen LogP contribution in [0.3, 0.4) is 0 Å². The zero-order valence-corrected chi connectivity index (χ0v) is 15.1. The average Bonchev–Trinajstić information content (AvgIpc) is 3.14. The van der Waals surface area contributed by atoms with Crippen LogP contribution in [0.15, 0.2) is 48.5 Å².